The van der Waals surface area contributed by atoms with E-state index >= 15 is 0 Å². The second kappa shape index (κ2) is 11.1. The predicted octanol–water partition coefficient (Wildman–Crippen LogP) is 5.08. The SMILES string of the molecule is CCOc1cc(NC(=O)[C@@H](N)c2ccccc2)ccc1S(=O)(=O)Nc1ccc(Cl)c(OC(F)(F)F)c1. The first kappa shape index (κ1) is 27.1. The molecule has 3 aromatic rings. The Bertz CT molecular complexity index is 1340. The molecule has 1 amide bonds. The van der Waals surface area contributed by atoms with Gasteiger partial charge in [0.1, 0.15) is 22.4 Å². The lowest BCUT2D eigenvalue weighted by atomic mass is 10.1. The van der Waals surface area contributed by atoms with Gasteiger partial charge in [-0.3, -0.25) is 9.52 Å². The summed E-state index contributed by atoms with van der Waals surface area (Å²) in [6, 6.07) is 14.5. The predicted molar refractivity (Wildman–Crippen MR) is 129 cm³/mol. The minimum atomic E-state index is -5.02. The van der Waals surface area contributed by atoms with Crippen LogP contribution in [0.25, 0.3) is 0 Å². The van der Waals surface area contributed by atoms with Crippen molar-refractivity contribution in [3.8, 4) is 11.5 Å². The van der Waals surface area contributed by atoms with Gasteiger partial charge >= 0.3 is 6.36 Å². The van der Waals surface area contributed by atoms with E-state index < -0.39 is 34.1 Å². The fraction of sp³-hybridized carbons (Fsp3) is 0.174. The molecule has 0 heterocycles. The Morgan fingerprint density at radius 2 is 1.67 bits per heavy atom. The van der Waals surface area contributed by atoms with Gasteiger partial charge in [-0.05, 0) is 36.8 Å². The molecule has 0 aliphatic carbocycles. The summed E-state index contributed by atoms with van der Waals surface area (Å²) in [5, 5.41) is 2.24. The van der Waals surface area contributed by atoms with Crippen molar-refractivity contribution in [2.75, 3.05) is 16.6 Å². The summed E-state index contributed by atoms with van der Waals surface area (Å²) in [7, 11) is -4.34. The van der Waals surface area contributed by atoms with Crippen LogP contribution in [0.3, 0.4) is 0 Å². The van der Waals surface area contributed by atoms with Crippen LogP contribution < -0.4 is 25.2 Å². The van der Waals surface area contributed by atoms with Crippen LogP contribution >= 0.6 is 11.6 Å². The van der Waals surface area contributed by atoms with Gasteiger partial charge in [0, 0.05) is 17.8 Å². The zero-order valence-electron chi connectivity index (χ0n) is 18.7. The number of amides is 1. The van der Waals surface area contributed by atoms with Crippen molar-refractivity contribution >= 4 is 38.9 Å². The summed E-state index contributed by atoms with van der Waals surface area (Å²) in [5.41, 5.74) is 6.57. The van der Waals surface area contributed by atoms with E-state index in [-0.39, 0.29) is 33.6 Å². The highest BCUT2D eigenvalue weighted by atomic mass is 35.5. The number of nitrogens with two attached hydrogens (primary N) is 1. The molecule has 13 heteroatoms. The minimum absolute atomic E-state index is 0.0912. The normalized spacial score (nSPS) is 12.5. The maximum Gasteiger partial charge on any atom is 0.573 e. The fourth-order valence-electron chi connectivity index (χ4n) is 3.09. The molecule has 0 aromatic heterocycles. The van der Waals surface area contributed by atoms with E-state index in [9.17, 15) is 26.4 Å². The van der Waals surface area contributed by atoms with Gasteiger partial charge in [-0.15, -0.1) is 13.2 Å². The molecular weight excluding hydrogens is 523 g/mol. The smallest absolute Gasteiger partial charge is 0.492 e. The molecule has 0 aliphatic rings. The number of hydrogen-bond acceptors (Lipinski definition) is 6. The van der Waals surface area contributed by atoms with Crippen molar-refractivity contribution in [3.05, 3.63) is 77.3 Å². The van der Waals surface area contributed by atoms with Crippen LogP contribution in [0.2, 0.25) is 5.02 Å². The van der Waals surface area contributed by atoms with Crippen LogP contribution in [0.1, 0.15) is 18.5 Å². The molecule has 4 N–H and O–H groups in total. The van der Waals surface area contributed by atoms with Gasteiger partial charge in [0.2, 0.25) is 5.91 Å². The number of anilines is 2. The first-order chi connectivity index (χ1) is 16.9. The van der Waals surface area contributed by atoms with Crippen molar-refractivity contribution < 1.29 is 35.9 Å². The monoisotopic (exact) mass is 543 g/mol. The molecule has 0 radical (unpaired) electrons. The first-order valence-electron chi connectivity index (χ1n) is 10.4. The summed E-state index contributed by atoms with van der Waals surface area (Å²) < 4.78 is 75.2. The molecule has 0 aliphatic heterocycles. The van der Waals surface area contributed by atoms with E-state index in [1.807, 2.05) is 0 Å². The molecule has 36 heavy (non-hydrogen) atoms. The molecule has 0 fully saturated rings. The molecule has 0 spiro atoms. The summed E-state index contributed by atoms with van der Waals surface area (Å²) in [5.74, 6) is -1.41. The van der Waals surface area contributed by atoms with Crippen LogP contribution in [0.15, 0.2) is 71.6 Å². The zero-order valence-corrected chi connectivity index (χ0v) is 20.2. The average molecular weight is 544 g/mol. The number of halogens is 4. The van der Waals surface area contributed by atoms with Crippen LogP contribution in [-0.2, 0) is 14.8 Å². The molecule has 0 bridgehead atoms. The largest absolute Gasteiger partial charge is 0.573 e. The van der Waals surface area contributed by atoms with Crippen molar-refractivity contribution in [2.45, 2.75) is 24.2 Å². The molecule has 0 saturated carbocycles. The first-order valence-corrected chi connectivity index (χ1v) is 12.2. The molecule has 1 atom stereocenters. The van der Waals surface area contributed by atoms with Crippen LogP contribution in [0, 0.1) is 0 Å². The lowest BCUT2D eigenvalue weighted by molar-refractivity contribution is -0.274. The molecule has 192 valence electrons. The number of benzene rings is 3. The number of nitrogens with one attached hydrogen (secondary N) is 2. The quantitative estimate of drug-likeness (QED) is 0.346. The summed E-state index contributed by atoms with van der Waals surface area (Å²) >= 11 is 5.71. The molecule has 3 aromatic carbocycles. The third-order valence-corrected chi connectivity index (χ3v) is 6.38. The Hall–Kier alpha value is -3.48. The van der Waals surface area contributed by atoms with E-state index in [1.54, 1.807) is 37.3 Å². The van der Waals surface area contributed by atoms with E-state index in [2.05, 4.69) is 14.8 Å². The highest BCUT2D eigenvalue weighted by Crippen LogP contribution is 2.34. The lowest BCUT2D eigenvalue weighted by Gasteiger charge is -2.17. The van der Waals surface area contributed by atoms with Crippen molar-refractivity contribution in [1.29, 1.82) is 0 Å². The summed E-state index contributed by atoms with van der Waals surface area (Å²) in [6.07, 6.45) is -5.02. The topological polar surface area (TPSA) is 120 Å². The zero-order chi connectivity index (χ0) is 26.5. The van der Waals surface area contributed by atoms with Gasteiger partial charge in [-0.2, -0.15) is 0 Å². The van der Waals surface area contributed by atoms with E-state index in [0.717, 1.165) is 12.1 Å². The number of rotatable bonds is 9. The number of carbonyl (C=O) groups excluding carboxylic acids is 1. The van der Waals surface area contributed by atoms with Crippen LogP contribution in [0.4, 0.5) is 24.5 Å². The van der Waals surface area contributed by atoms with Gasteiger partial charge in [0.15, 0.2) is 0 Å². The van der Waals surface area contributed by atoms with Crippen LogP contribution in [0.5, 0.6) is 11.5 Å². The van der Waals surface area contributed by atoms with Gasteiger partial charge in [0.05, 0.1) is 17.3 Å². The number of carbonyl (C=O) groups is 1. The number of hydrogen-bond donors (Lipinski definition) is 3. The number of ether oxygens (including phenoxy) is 2. The maximum absolute atomic E-state index is 13.0. The number of alkyl halides is 3. The highest BCUT2D eigenvalue weighted by Gasteiger charge is 2.32. The minimum Gasteiger partial charge on any atom is -0.492 e. The molecule has 0 saturated heterocycles. The molecular formula is C23H21ClF3N3O5S. The Kier molecular flexibility index (Phi) is 8.33. The average Bonchev–Trinajstić information content (AvgIpc) is 2.80. The lowest BCUT2D eigenvalue weighted by Crippen LogP contribution is -2.27. The van der Waals surface area contributed by atoms with Gasteiger partial charge in [-0.1, -0.05) is 41.9 Å². The maximum atomic E-state index is 13.0. The Morgan fingerprint density at radius 1 is 1.03 bits per heavy atom. The second-order valence-electron chi connectivity index (χ2n) is 7.27. The molecule has 0 unspecified atom stereocenters. The Labute approximate surface area is 210 Å². The molecule has 8 nitrogen and oxygen atoms in total. The molecule has 3 rings (SSSR count). The van der Waals surface area contributed by atoms with E-state index in [4.69, 9.17) is 22.1 Å². The van der Waals surface area contributed by atoms with E-state index in [0.29, 0.717) is 5.56 Å². The van der Waals surface area contributed by atoms with Crippen LogP contribution in [-0.4, -0.2) is 27.3 Å². The van der Waals surface area contributed by atoms with Crippen molar-refractivity contribution in [3.63, 3.8) is 0 Å². The Balaban J connectivity index is 1.85. The Morgan fingerprint density at radius 3 is 2.31 bits per heavy atom. The van der Waals surface area contributed by atoms with Gasteiger partial charge in [0.25, 0.3) is 10.0 Å². The summed E-state index contributed by atoms with van der Waals surface area (Å²) in [6.45, 7) is 1.72. The third kappa shape index (κ3) is 7.03. The van der Waals surface area contributed by atoms with Crippen molar-refractivity contribution in [1.82, 2.24) is 0 Å². The highest BCUT2D eigenvalue weighted by molar-refractivity contribution is 7.92. The fourth-order valence-corrected chi connectivity index (χ4v) is 4.42. The summed E-state index contributed by atoms with van der Waals surface area (Å²) in [4.78, 5) is 12.2. The van der Waals surface area contributed by atoms with Gasteiger partial charge < -0.3 is 20.5 Å². The third-order valence-electron chi connectivity index (χ3n) is 4.65. The van der Waals surface area contributed by atoms with Gasteiger partial charge in [-0.25, -0.2) is 8.42 Å². The number of sulfonamides is 1. The van der Waals surface area contributed by atoms with Crippen molar-refractivity contribution in [2.24, 2.45) is 5.73 Å². The second-order valence-corrected chi connectivity index (χ2v) is 9.33. The van der Waals surface area contributed by atoms with E-state index in [1.165, 1.54) is 24.3 Å². The standard InChI is InChI=1S/C23H21ClF3N3O5S/c1-2-34-19-12-15(29-22(31)21(28)14-6-4-3-5-7-14)9-11-20(19)36(32,33)30-16-8-10-17(24)18(13-16)35-23(25,26)27/h3-13,21,30H,2,28H2,1H3,(H,29,31)/t21-/m0/s1.